The Kier molecular flexibility index (Phi) is 4.33. The van der Waals surface area contributed by atoms with Crippen molar-refractivity contribution < 1.29 is 4.74 Å². The molecule has 4 heteroatoms. The molecular formula is C14H18N2OS. The SMILES string of the molecule is COc1ccccc1[C@@H](C)NC(C)c1cncs1. The summed E-state index contributed by atoms with van der Waals surface area (Å²) in [6, 6.07) is 8.63. The smallest absolute Gasteiger partial charge is 0.123 e. The summed E-state index contributed by atoms with van der Waals surface area (Å²) in [5.74, 6) is 0.925. The lowest BCUT2D eigenvalue weighted by molar-refractivity contribution is 0.397. The Morgan fingerprint density at radius 1 is 1.22 bits per heavy atom. The molecule has 18 heavy (non-hydrogen) atoms. The fourth-order valence-electron chi connectivity index (χ4n) is 2.01. The highest BCUT2D eigenvalue weighted by Gasteiger charge is 2.15. The number of aromatic nitrogens is 1. The second-order valence-electron chi connectivity index (χ2n) is 4.26. The second kappa shape index (κ2) is 5.98. The Morgan fingerprint density at radius 3 is 2.67 bits per heavy atom. The van der Waals surface area contributed by atoms with Gasteiger partial charge in [-0.05, 0) is 19.9 Å². The number of nitrogens with zero attached hydrogens (tertiary/aromatic N) is 1. The molecule has 0 bridgehead atoms. The fourth-order valence-corrected chi connectivity index (χ4v) is 2.65. The zero-order valence-corrected chi connectivity index (χ0v) is 11.7. The zero-order chi connectivity index (χ0) is 13.0. The van der Waals surface area contributed by atoms with Crippen LogP contribution in [0.3, 0.4) is 0 Å². The molecule has 1 N–H and O–H groups in total. The Hall–Kier alpha value is -1.39. The van der Waals surface area contributed by atoms with E-state index < -0.39 is 0 Å². The van der Waals surface area contributed by atoms with E-state index in [1.54, 1.807) is 18.4 Å². The molecule has 1 aromatic heterocycles. The molecule has 2 atom stereocenters. The maximum absolute atomic E-state index is 5.39. The number of benzene rings is 1. The Morgan fingerprint density at radius 2 is 2.00 bits per heavy atom. The van der Waals surface area contributed by atoms with E-state index in [9.17, 15) is 0 Å². The quantitative estimate of drug-likeness (QED) is 0.894. The first-order valence-corrected chi connectivity index (χ1v) is 6.87. The van der Waals surface area contributed by atoms with E-state index in [4.69, 9.17) is 4.74 Å². The molecule has 0 amide bonds. The van der Waals surface area contributed by atoms with Gasteiger partial charge in [0, 0.05) is 28.7 Å². The molecule has 0 aliphatic rings. The van der Waals surface area contributed by atoms with E-state index in [1.165, 1.54) is 10.4 Å². The van der Waals surface area contributed by atoms with E-state index in [1.807, 2.05) is 29.9 Å². The maximum Gasteiger partial charge on any atom is 0.123 e. The average Bonchev–Trinajstić information content (AvgIpc) is 2.92. The monoisotopic (exact) mass is 262 g/mol. The van der Waals surface area contributed by atoms with Crippen LogP contribution in [0.2, 0.25) is 0 Å². The summed E-state index contributed by atoms with van der Waals surface area (Å²) in [7, 11) is 1.71. The highest BCUT2D eigenvalue weighted by atomic mass is 32.1. The standard InChI is InChI=1S/C14H18N2OS/c1-10(12-6-4-5-7-13(12)17-3)16-11(2)14-8-15-9-18-14/h4-11,16H,1-3H3/t10-,11?/m1/s1. The van der Waals surface area contributed by atoms with Crippen molar-refractivity contribution in [2.24, 2.45) is 0 Å². The van der Waals surface area contributed by atoms with Crippen molar-refractivity contribution in [3.8, 4) is 5.75 Å². The Bertz CT molecular complexity index is 484. The minimum absolute atomic E-state index is 0.234. The first kappa shape index (κ1) is 13.1. The van der Waals surface area contributed by atoms with Gasteiger partial charge in [-0.2, -0.15) is 0 Å². The van der Waals surface area contributed by atoms with Crippen LogP contribution >= 0.6 is 11.3 Å². The molecule has 1 heterocycles. The molecule has 2 rings (SSSR count). The number of para-hydroxylation sites is 1. The van der Waals surface area contributed by atoms with Gasteiger partial charge in [0.2, 0.25) is 0 Å². The van der Waals surface area contributed by atoms with Gasteiger partial charge in [0.1, 0.15) is 5.75 Å². The lowest BCUT2D eigenvalue weighted by Crippen LogP contribution is -2.22. The van der Waals surface area contributed by atoms with E-state index in [2.05, 4.69) is 30.2 Å². The number of hydrogen-bond donors (Lipinski definition) is 1. The van der Waals surface area contributed by atoms with Crippen molar-refractivity contribution in [2.75, 3.05) is 7.11 Å². The molecule has 0 aliphatic heterocycles. The molecule has 0 spiro atoms. The van der Waals surface area contributed by atoms with Gasteiger partial charge in [0.05, 0.1) is 12.6 Å². The van der Waals surface area contributed by atoms with Gasteiger partial charge in [-0.25, -0.2) is 0 Å². The molecule has 1 unspecified atom stereocenters. The summed E-state index contributed by atoms with van der Waals surface area (Å²) in [5, 5.41) is 3.56. The average molecular weight is 262 g/mol. The molecule has 1 aromatic carbocycles. The van der Waals surface area contributed by atoms with Crippen molar-refractivity contribution in [3.05, 3.63) is 46.4 Å². The summed E-state index contributed by atoms with van der Waals surface area (Å²) in [6.07, 6.45) is 1.91. The molecule has 0 aliphatic carbocycles. The van der Waals surface area contributed by atoms with Gasteiger partial charge in [0.25, 0.3) is 0 Å². The molecule has 0 radical (unpaired) electrons. The van der Waals surface area contributed by atoms with E-state index in [-0.39, 0.29) is 12.1 Å². The minimum Gasteiger partial charge on any atom is -0.496 e. The molecule has 96 valence electrons. The van der Waals surface area contributed by atoms with Gasteiger partial charge in [-0.3, -0.25) is 4.98 Å². The normalized spacial score (nSPS) is 14.2. The number of rotatable bonds is 5. The van der Waals surface area contributed by atoms with Gasteiger partial charge >= 0.3 is 0 Å². The van der Waals surface area contributed by atoms with Gasteiger partial charge in [0.15, 0.2) is 0 Å². The Balaban J connectivity index is 2.09. The second-order valence-corrected chi connectivity index (χ2v) is 5.17. The van der Waals surface area contributed by atoms with Crippen LogP contribution in [0.4, 0.5) is 0 Å². The molecule has 0 saturated carbocycles. The highest BCUT2D eigenvalue weighted by molar-refractivity contribution is 7.09. The summed E-state index contributed by atoms with van der Waals surface area (Å²) < 4.78 is 5.39. The van der Waals surface area contributed by atoms with Crippen LogP contribution in [0.1, 0.15) is 36.4 Å². The maximum atomic E-state index is 5.39. The van der Waals surface area contributed by atoms with Crippen molar-refractivity contribution >= 4 is 11.3 Å². The van der Waals surface area contributed by atoms with Crippen LogP contribution in [-0.4, -0.2) is 12.1 Å². The van der Waals surface area contributed by atoms with Gasteiger partial charge in [-0.15, -0.1) is 11.3 Å². The summed E-state index contributed by atoms with van der Waals surface area (Å²) >= 11 is 1.67. The third-order valence-electron chi connectivity index (χ3n) is 2.98. The van der Waals surface area contributed by atoms with Crippen LogP contribution in [0, 0.1) is 0 Å². The lowest BCUT2D eigenvalue weighted by Gasteiger charge is -2.21. The minimum atomic E-state index is 0.234. The topological polar surface area (TPSA) is 34.1 Å². The molecule has 0 fully saturated rings. The third kappa shape index (κ3) is 2.89. The van der Waals surface area contributed by atoms with E-state index in [0.717, 1.165) is 5.75 Å². The summed E-state index contributed by atoms with van der Waals surface area (Å²) in [5.41, 5.74) is 3.04. The predicted molar refractivity (Wildman–Crippen MR) is 75.1 cm³/mol. The van der Waals surface area contributed by atoms with Crippen LogP contribution in [0.5, 0.6) is 5.75 Å². The number of nitrogens with one attached hydrogen (secondary N) is 1. The number of thiazole rings is 1. The van der Waals surface area contributed by atoms with Crippen LogP contribution in [0.25, 0.3) is 0 Å². The highest BCUT2D eigenvalue weighted by Crippen LogP contribution is 2.27. The van der Waals surface area contributed by atoms with Crippen molar-refractivity contribution in [2.45, 2.75) is 25.9 Å². The summed E-state index contributed by atoms with van der Waals surface area (Å²) in [4.78, 5) is 5.36. The molecule has 3 nitrogen and oxygen atoms in total. The van der Waals surface area contributed by atoms with Crippen LogP contribution < -0.4 is 10.1 Å². The largest absolute Gasteiger partial charge is 0.496 e. The van der Waals surface area contributed by atoms with Gasteiger partial charge < -0.3 is 10.1 Å². The first-order chi connectivity index (χ1) is 8.72. The first-order valence-electron chi connectivity index (χ1n) is 5.99. The van der Waals surface area contributed by atoms with Crippen molar-refractivity contribution in [1.82, 2.24) is 10.3 Å². The molecular weight excluding hydrogens is 244 g/mol. The fraction of sp³-hybridized carbons (Fsp3) is 0.357. The van der Waals surface area contributed by atoms with Gasteiger partial charge in [-0.1, -0.05) is 18.2 Å². The van der Waals surface area contributed by atoms with E-state index in [0.29, 0.717) is 0 Å². The number of methoxy groups -OCH3 is 1. The van der Waals surface area contributed by atoms with E-state index >= 15 is 0 Å². The summed E-state index contributed by atoms with van der Waals surface area (Å²) in [6.45, 7) is 4.30. The number of ether oxygens (including phenoxy) is 1. The molecule has 2 aromatic rings. The molecule has 0 saturated heterocycles. The number of hydrogen-bond acceptors (Lipinski definition) is 4. The van der Waals surface area contributed by atoms with Crippen LogP contribution in [0.15, 0.2) is 36.0 Å². The van der Waals surface area contributed by atoms with Crippen molar-refractivity contribution in [1.29, 1.82) is 0 Å². The van der Waals surface area contributed by atoms with Crippen molar-refractivity contribution in [3.63, 3.8) is 0 Å². The predicted octanol–water partition coefficient (Wildman–Crippen LogP) is 3.56. The lowest BCUT2D eigenvalue weighted by atomic mass is 10.1. The zero-order valence-electron chi connectivity index (χ0n) is 10.9. The van der Waals surface area contributed by atoms with Crippen LogP contribution in [-0.2, 0) is 0 Å². The third-order valence-corrected chi connectivity index (χ3v) is 3.94. The Labute approximate surface area is 112 Å².